The molecule has 8 heteroatoms. The van der Waals surface area contributed by atoms with Gasteiger partial charge in [0, 0.05) is 66.4 Å². The number of allylic oxidation sites excluding steroid dienone is 6. The van der Waals surface area contributed by atoms with E-state index in [1.165, 1.54) is 44.9 Å². The fraction of sp³-hybridized carbons (Fsp3) is 0.712. The molecular weight excluding hydrogens is 831 g/mol. The first-order valence-electron chi connectivity index (χ1n) is 27.7. The van der Waals surface area contributed by atoms with Crippen molar-refractivity contribution in [1.29, 1.82) is 0 Å². The maximum atomic E-state index is 14.5. The number of nitrogens with zero attached hydrogens (tertiary/aromatic N) is 2. The number of hydrogen-bond donors (Lipinski definition) is 2. The van der Waals surface area contributed by atoms with Crippen molar-refractivity contribution < 1.29 is 24.2 Å². The highest BCUT2D eigenvalue weighted by Gasteiger charge is 2.52. The van der Waals surface area contributed by atoms with Crippen molar-refractivity contribution in [2.45, 2.75) is 202 Å². The Labute approximate surface area is 406 Å². The van der Waals surface area contributed by atoms with E-state index in [9.17, 15) is 19.5 Å². The number of unbranched alkanes of at least 4 members (excludes halogenated alkanes) is 4. The number of amides is 1. The topological polar surface area (TPSA) is 99.2 Å². The first-order chi connectivity index (χ1) is 32.4. The highest BCUT2D eigenvalue weighted by Crippen LogP contribution is 2.56. The summed E-state index contributed by atoms with van der Waals surface area (Å²) in [5.74, 6) is 3.46. The van der Waals surface area contributed by atoms with E-state index in [2.05, 4.69) is 70.5 Å². The molecule has 4 saturated carbocycles. The zero-order chi connectivity index (χ0) is 48.1. The van der Waals surface area contributed by atoms with E-state index in [-0.39, 0.29) is 39.6 Å². The Kier molecular flexibility index (Phi) is 19.7. The fourth-order valence-electron chi connectivity index (χ4n) is 12.9. The molecule has 6 aliphatic carbocycles. The van der Waals surface area contributed by atoms with Gasteiger partial charge in [-0.1, -0.05) is 132 Å². The lowest BCUT2D eigenvalue weighted by Gasteiger charge is -2.56. The average Bonchev–Trinajstić information content (AvgIpc) is 3.31. The fourth-order valence-corrected chi connectivity index (χ4v) is 12.9. The Bertz CT molecular complexity index is 1890. The molecule has 372 valence electrons. The third-order valence-corrected chi connectivity index (χ3v) is 16.8. The molecule has 0 heterocycles. The summed E-state index contributed by atoms with van der Waals surface area (Å²) in [4.78, 5) is 47.8. The van der Waals surface area contributed by atoms with Gasteiger partial charge < -0.3 is 25.0 Å². The van der Waals surface area contributed by atoms with Gasteiger partial charge in [-0.05, 0) is 130 Å². The van der Waals surface area contributed by atoms with E-state index in [1.54, 1.807) is 12.2 Å². The van der Waals surface area contributed by atoms with Gasteiger partial charge in [-0.3, -0.25) is 9.59 Å². The number of hydrogen-bond acceptors (Lipinski definition) is 7. The van der Waals surface area contributed by atoms with Crippen molar-refractivity contribution in [2.24, 2.45) is 41.4 Å². The number of aliphatic hydroxyl groups is 1. The number of carbonyl (C=O) groups excluding carboxylic acids is 3. The molecule has 0 radical (unpaired) electrons. The second-order valence-electron chi connectivity index (χ2n) is 22.0. The highest BCUT2D eigenvalue weighted by molar-refractivity contribution is 6.41. The smallest absolute Gasteiger partial charge is 0.413 e. The summed E-state index contributed by atoms with van der Waals surface area (Å²) in [6.07, 6.45) is 30.1. The monoisotopic (exact) mass is 922 g/mol. The predicted octanol–water partition coefficient (Wildman–Crippen LogP) is 14.9. The Morgan fingerprint density at radius 2 is 1.13 bits per heavy atom. The number of anilines is 1. The number of ether oxygens (including phenoxy) is 1. The van der Waals surface area contributed by atoms with Gasteiger partial charge in [-0.15, -0.1) is 0 Å². The Hall–Kier alpha value is -3.81. The summed E-state index contributed by atoms with van der Waals surface area (Å²) in [6, 6.07) is 5.84. The summed E-state index contributed by atoms with van der Waals surface area (Å²) < 4.78 is 6.41. The van der Waals surface area contributed by atoms with Crippen LogP contribution in [0.3, 0.4) is 0 Å². The van der Waals surface area contributed by atoms with Crippen LogP contribution in [0.25, 0.3) is 5.57 Å². The SMILES string of the molecule is CCCCC(CC)CN(CC(CC)CCCC)C1=CC(=O)C(=C2C(=O)C(c3ccc(N(CC(CC)CCCC)CC(CC)CCCC)cc3OC(=O)NC34CC5CC(CC(C5)C3)C4)=C2O)C=C1. The Morgan fingerprint density at radius 3 is 1.55 bits per heavy atom. The molecular formula is C59H91N3O5. The van der Waals surface area contributed by atoms with Gasteiger partial charge in [0.2, 0.25) is 5.78 Å². The molecule has 1 aromatic rings. The molecule has 0 saturated heterocycles. The van der Waals surface area contributed by atoms with Gasteiger partial charge in [-0.2, -0.15) is 0 Å². The van der Waals surface area contributed by atoms with Crippen LogP contribution in [-0.2, 0) is 9.59 Å². The standard InChI is InChI=1S/C59H91N3O5/c1-9-17-21-41(13-5)37-61(38-42(14-6)22-18-10-2)48-25-27-50(52(63)32-48)54-56(64)55(57(54)65)51-28-26-49(62(39-43(15-7)23-19-11-3)40-44(16-8)24-20-12-4)33-53(51)67-58(66)60-59-34-45-29-46(35-59)31-47(30-45)36-59/h25-28,32-33,41-47,64H,9-24,29-31,34-40H2,1-8H3,(H,60,66). The summed E-state index contributed by atoms with van der Waals surface area (Å²) >= 11 is 0. The van der Waals surface area contributed by atoms with E-state index in [1.807, 2.05) is 24.3 Å². The second-order valence-corrected chi connectivity index (χ2v) is 22.0. The van der Waals surface area contributed by atoms with Crippen LogP contribution in [0.1, 0.15) is 202 Å². The average molecular weight is 922 g/mol. The number of benzene rings is 1. The molecule has 1 amide bonds. The van der Waals surface area contributed by atoms with Crippen molar-refractivity contribution in [1.82, 2.24) is 10.2 Å². The molecule has 0 aliphatic heterocycles. The zero-order valence-corrected chi connectivity index (χ0v) is 43.4. The van der Waals surface area contributed by atoms with Crippen molar-refractivity contribution >= 4 is 28.9 Å². The molecule has 0 aromatic heterocycles. The van der Waals surface area contributed by atoms with E-state index in [4.69, 9.17) is 4.74 Å². The van der Waals surface area contributed by atoms with Crippen LogP contribution in [-0.4, -0.2) is 59.4 Å². The van der Waals surface area contributed by atoms with Crippen LogP contribution in [0, 0.1) is 41.4 Å². The number of Topliss-reactive ketones (excluding diaryl/α,β-unsaturated/α-hetero) is 1. The van der Waals surface area contributed by atoms with Crippen LogP contribution in [0.4, 0.5) is 10.5 Å². The van der Waals surface area contributed by atoms with E-state index >= 15 is 0 Å². The molecule has 8 nitrogen and oxygen atoms in total. The third-order valence-electron chi connectivity index (χ3n) is 16.8. The summed E-state index contributed by atoms with van der Waals surface area (Å²) in [5, 5.41) is 15.3. The van der Waals surface area contributed by atoms with Gasteiger partial charge in [0.1, 0.15) is 11.5 Å². The van der Waals surface area contributed by atoms with E-state index in [0.717, 1.165) is 134 Å². The van der Waals surface area contributed by atoms with E-state index in [0.29, 0.717) is 47.0 Å². The number of carbonyl (C=O) groups is 3. The van der Waals surface area contributed by atoms with Gasteiger partial charge in [-0.25, -0.2) is 4.79 Å². The summed E-state index contributed by atoms with van der Waals surface area (Å²) in [7, 11) is 0. The molecule has 6 aliphatic rings. The molecule has 2 N–H and O–H groups in total. The highest BCUT2D eigenvalue weighted by atomic mass is 16.6. The number of aliphatic hydroxyl groups excluding tert-OH is 1. The molecule has 4 atom stereocenters. The maximum absolute atomic E-state index is 14.5. The van der Waals surface area contributed by atoms with Gasteiger partial charge in [0.25, 0.3) is 0 Å². The molecule has 7 rings (SSSR count). The summed E-state index contributed by atoms with van der Waals surface area (Å²) in [6.45, 7) is 21.7. The second kappa shape index (κ2) is 25.2. The van der Waals surface area contributed by atoms with E-state index < -0.39 is 11.9 Å². The van der Waals surface area contributed by atoms with Gasteiger partial charge >= 0.3 is 6.09 Å². The molecule has 67 heavy (non-hydrogen) atoms. The lowest BCUT2D eigenvalue weighted by molar-refractivity contribution is -0.114. The lowest BCUT2D eigenvalue weighted by atomic mass is 9.53. The largest absolute Gasteiger partial charge is 0.506 e. The maximum Gasteiger partial charge on any atom is 0.413 e. The molecule has 1 aromatic carbocycles. The number of nitrogens with one attached hydrogen (secondary N) is 1. The number of ketones is 2. The summed E-state index contributed by atoms with van der Waals surface area (Å²) in [5.41, 5.74) is 2.34. The van der Waals surface area contributed by atoms with Crippen LogP contribution in [0.15, 0.2) is 59.0 Å². The minimum Gasteiger partial charge on any atom is -0.506 e. The van der Waals surface area contributed by atoms with Gasteiger partial charge in [0.15, 0.2) is 5.78 Å². The quantitative estimate of drug-likeness (QED) is 0.0772. The van der Waals surface area contributed by atoms with Gasteiger partial charge in [0.05, 0.1) is 11.1 Å². The minimum absolute atomic E-state index is 0.0416. The van der Waals surface area contributed by atoms with Crippen molar-refractivity contribution in [3.8, 4) is 5.75 Å². The molecule has 4 fully saturated rings. The molecule has 4 unspecified atom stereocenters. The van der Waals surface area contributed by atoms with Crippen LogP contribution < -0.4 is 15.0 Å². The molecule has 0 spiro atoms. The third kappa shape index (κ3) is 13.3. The Balaban J connectivity index is 1.34. The van der Waals surface area contributed by atoms with Crippen LogP contribution >= 0.6 is 0 Å². The first-order valence-corrected chi connectivity index (χ1v) is 27.7. The zero-order valence-electron chi connectivity index (χ0n) is 43.4. The van der Waals surface area contributed by atoms with Crippen molar-refractivity contribution in [3.63, 3.8) is 0 Å². The normalized spacial score (nSPS) is 24.9. The van der Waals surface area contributed by atoms with Crippen molar-refractivity contribution in [3.05, 3.63) is 64.6 Å². The lowest BCUT2D eigenvalue weighted by Crippen LogP contribution is -2.60. The van der Waals surface area contributed by atoms with Crippen molar-refractivity contribution in [2.75, 3.05) is 31.1 Å². The predicted molar refractivity (Wildman–Crippen MR) is 277 cm³/mol. The number of rotatable bonds is 29. The minimum atomic E-state index is -0.492. The van der Waals surface area contributed by atoms with Crippen LogP contribution in [0.5, 0.6) is 5.75 Å². The Morgan fingerprint density at radius 1 is 0.672 bits per heavy atom. The molecule has 4 bridgehead atoms. The first kappa shape index (κ1) is 52.6. The van der Waals surface area contributed by atoms with Crippen LogP contribution in [0.2, 0.25) is 0 Å².